The second-order valence-corrected chi connectivity index (χ2v) is 10.5. The normalized spacial score (nSPS) is 12.2. The lowest BCUT2D eigenvalue weighted by Crippen LogP contribution is -1.97. The van der Waals surface area contributed by atoms with Crippen LogP contribution in [-0.2, 0) is 0 Å². The molecule has 0 radical (unpaired) electrons. The van der Waals surface area contributed by atoms with E-state index in [1.807, 2.05) is 12.1 Å². The molecule has 2 heterocycles. The Hall–Kier alpha value is -5.34. The summed E-state index contributed by atoms with van der Waals surface area (Å²) in [5, 5.41) is 7.41. The highest BCUT2D eigenvalue weighted by molar-refractivity contribution is 6.17. The second-order valence-electron chi connectivity index (χ2n) is 10.5. The van der Waals surface area contributed by atoms with Gasteiger partial charge in [0, 0.05) is 27.4 Å². The lowest BCUT2D eigenvalue weighted by atomic mass is 9.89. The molecule has 1 aliphatic heterocycles. The highest BCUT2D eigenvalue weighted by Crippen LogP contribution is 2.49. The van der Waals surface area contributed by atoms with E-state index in [2.05, 4.69) is 132 Å². The summed E-state index contributed by atoms with van der Waals surface area (Å²) in [5.74, 6) is 1.83. The van der Waals surface area contributed by atoms with Crippen molar-refractivity contribution in [3.8, 4) is 39.4 Å². The number of rotatable bonds is 2. The molecular weight excluding hydrogens is 486 g/mol. The Labute approximate surface area is 231 Å². The predicted molar refractivity (Wildman–Crippen MR) is 167 cm³/mol. The van der Waals surface area contributed by atoms with Crippen LogP contribution in [0.25, 0.3) is 71.3 Å². The molecule has 1 aliphatic rings. The molecule has 0 unspecified atom stereocenters. The third kappa shape index (κ3) is 2.93. The molecule has 1 aromatic heterocycles. The van der Waals surface area contributed by atoms with Crippen LogP contribution in [0.1, 0.15) is 0 Å². The Morgan fingerprint density at radius 3 is 2.08 bits per heavy atom. The number of hydrogen-bond donors (Lipinski definition) is 0. The van der Waals surface area contributed by atoms with Gasteiger partial charge in [-0.25, -0.2) is 0 Å². The van der Waals surface area contributed by atoms with E-state index in [0.717, 1.165) is 17.1 Å². The molecule has 7 aromatic carbocycles. The van der Waals surface area contributed by atoms with Gasteiger partial charge in [0.2, 0.25) is 0 Å². The quantitative estimate of drug-likeness (QED) is 0.226. The van der Waals surface area contributed by atoms with Gasteiger partial charge in [-0.3, -0.25) is 0 Å². The maximum Gasteiger partial charge on any atom is 0.135 e. The average Bonchev–Trinajstić information content (AvgIpc) is 3.34. The first-order valence-electron chi connectivity index (χ1n) is 13.7. The van der Waals surface area contributed by atoms with Crippen LogP contribution >= 0.6 is 0 Å². The van der Waals surface area contributed by atoms with E-state index < -0.39 is 0 Å². The minimum Gasteiger partial charge on any atom is -0.456 e. The highest BCUT2D eigenvalue weighted by Gasteiger charge is 2.22. The Morgan fingerprint density at radius 1 is 0.400 bits per heavy atom. The summed E-state index contributed by atoms with van der Waals surface area (Å²) >= 11 is 0. The molecule has 0 saturated carbocycles. The van der Waals surface area contributed by atoms with Crippen molar-refractivity contribution in [3.05, 3.63) is 140 Å². The van der Waals surface area contributed by atoms with Crippen LogP contribution in [0.4, 0.5) is 0 Å². The van der Waals surface area contributed by atoms with Gasteiger partial charge in [0.15, 0.2) is 0 Å². The molecule has 2 heteroatoms. The summed E-state index contributed by atoms with van der Waals surface area (Å²) in [5.41, 5.74) is 8.42. The largest absolute Gasteiger partial charge is 0.456 e. The van der Waals surface area contributed by atoms with Gasteiger partial charge in [-0.15, -0.1) is 0 Å². The lowest BCUT2D eigenvalue weighted by Gasteiger charge is -2.22. The lowest BCUT2D eigenvalue weighted by molar-refractivity contribution is 0.487. The van der Waals surface area contributed by atoms with Gasteiger partial charge < -0.3 is 9.30 Å². The van der Waals surface area contributed by atoms with E-state index in [1.54, 1.807) is 0 Å². The fourth-order valence-corrected chi connectivity index (χ4v) is 6.65. The van der Waals surface area contributed by atoms with Crippen molar-refractivity contribution in [2.24, 2.45) is 0 Å². The minimum atomic E-state index is 0.913. The Kier molecular flexibility index (Phi) is 4.36. The van der Waals surface area contributed by atoms with Crippen LogP contribution < -0.4 is 4.74 Å². The van der Waals surface area contributed by atoms with Gasteiger partial charge >= 0.3 is 0 Å². The molecule has 0 atom stereocenters. The maximum absolute atomic E-state index is 6.38. The van der Waals surface area contributed by atoms with Gasteiger partial charge in [-0.1, -0.05) is 97.1 Å². The minimum absolute atomic E-state index is 0.913. The van der Waals surface area contributed by atoms with Crippen LogP contribution in [0.2, 0.25) is 0 Å². The van der Waals surface area contributed by atoms with Gasteiger partial charge in [-0.05, 0) is 75.3 Å². The molecule has 0 spiro atoms. The van der Waals surface area contributed by atoms with Crippen molar-refractivity contribution in [3.63, 3.8) is 0 Å². The van der Waals surface area contributed by atoms with Crippen molar-refractivity contribution in [2.75, 3.05) is 0 Å². The number of ether oxygens (including phenoxy) is 1. The summed E-state index contributed by atoms with van der Waals surface area (Å²) in [6, 6.07) is 50.1. The molecule has 186 valence electrons. The van der Waals surface area contributed by atoms with Crippen LogP contribution in [0.3, 0.4) is 0 Å². The topological polar surface area (TPSA) is 14.2 Å². The van der Waals surface area contributed by atoms with Crippen molar-refractivity contribution >= 4 is 43.4 Å². The average molecular weight is 510 g/mol. The number of hydrogen-bond acceptors (Lipinski definition) is 1. The van der Waals surface area contributed by atoms with E-state index >= 15 is 0 Å². The third-order valence-electron chi connectivity index (χ3n) is 8.38. The van der Waals surface area contributed by atoms with E-state index in [1.165, 1.54) is 65.7 Å². The highest BCUT2D eigenvalue weighted by atomic mass is 16.5. The molecule has 8 aromatic rings. The first-order chi connectivity index (χ1) is 19.8. The standard InChI is InChI=1S/C38H23NO/c1-2-11-25(12-3-1)39-34-18-6-4-13-28(34)33-22-24-10-8-15-26(32(24)23-35(33)39)27-20-21-37-38-30(27)16-9-17-31(38)29-14-5-7-19-36(29)40-37/h1-23H. The van der Waals surface area contributed by atoms with Crippen LogP contribution in [0.15, 0.2) is 140 Å². The van der Waals surface area contributed by atoms with Crippen molar-refractivity contribution in [1.82, 2.24) is 4.57 Å². The van der Waals surface area contributed by atoms with Crippen molar-refractivity contribution in [2.45, 2.75) is 0 Å². The Bertz CT molecular complexity index is 2290. The molecule has 0 fully saturated rings. The number of nitrogens with zero attached hydrogens (tertiary/aromatic N) is 1. The first-order valence-corrected chi connectivity index (χ1v) is 13.7. The fraction of sp³-hybridized carbons (Fsp3) is 0. The van der Waals surface area contributed by atoms with Crippen LogP contribution in [0.5, 0.6) is 11.5 Å². The maximum atomic E-state index is 6.38. The number of para-hydroxylation sites is 3. The predicted octanol–water partition coefficient (Wildman–Crippen LogP) is 10.5. The van der Waals surface area contributed by atoms with Crippen molar-refractivity contribution < 1.29 is 4.74 Å². The molecule has 0 N–H and O–H groups in total. The zero-order valence-electron chi connectivity index (χ0n) is 21.6. The zero-order valence-corrected chi connectivity index (χ0v) is 21.6. The summed E-state index contributed by atoms with van der Waals surface area (Å²) in [4.78, 5) is 0. The van der Waals surface area contributed by atoms with Gasteiger partial charge in [0.1, 0.15) is 11.5 Å². The number of benzene rings is 7. The molecule has 9 rings (SSSR count). The molecule has 0 aliphatic carbocycles. The van der Waals surface area contributed by atoms with Crippen LogP contribution in [0, 0.1) is 0 Å². The summed E-state index contributed by atoms with van der Waals surface area (Å²) in [6.45, 7) is 0. The zero-order chi connectivity index (χ0) is 26.2. The number of fused-ring (bicyclic) bond motifs is 6. The van der Waals surface area contributed by atoms with Crippen LogP contribution in [-0.4, -0.2) is 4.57 Å². The monoisotopic (exact) mass is 509 g/mol. The molecule has 0 bridgehead atoms. The van der Waals surface area contributed by atoms with E-state index in [4.69, 9.17) is 4.74 Å². The van der Waals surface area contributed by atoms with Gasteiger partial charge in [0.25, 0.3) is 0 Å². The molecule has 2 nitrogen and oxygen atoms in total. The molecule has 40 heavy (non-hydrogen) atoms. The number of aromatic nitrogens is 1. The SMILES string of the molecule is c1ccc(-n2c3ccccc3c3cc4cccc(-c5ccc6c7c(cccc57)-c5ccccc5O6)c4cc32)cc1. The molecular formula is C38H23NO. The second kappa shape index (κ2) is 8.08. The molecule has 0 amide bonds. The van der Waals surface area contributed by atoms with E-state index in [9.17, 15) is 0 Å². The van der Waals surface area contributed by atoms with Gasteiger partial charge in [-0.2, -0.15) is 0 Å². The van der Waals surface area contributed by atoms with Crippen molar-refractivity contribution in [1.29, 1.82) is 0 Å². The Balaban J connectivity index is 1.37. The van der Waals surface area contributed by atoms with E-state index in [0.29, 0.717) is 0 Å². The Morgan fingerprint density at radius 2 is 1.12 bits per heavy atom. The summed E-state index contributed by atoms with van der Waals surface area (Å²) in [7, 11) is 0. The fourth-order valence-electron chi connectivity index (χ4n) is 6.65. The van der Waals surface area contributed by atoms with Gasteiger partial charge in [0.05, 0.1) is 11.0 Å². The third-order valence-corrected chi connectivity index (χ3v) is 8.38. The smallest absolute Gasteiger partial charge is 0.135 e. The molecule has 0 saturated heterocycles. The first kappa shape index (κ1) is 21.6. The van der Waals surface area contributed by atoms with E-state index in [-0.39, 0.29) is 0 Å². The summed E-state index contributed by atoms with van der Waals surface area (Å²) < 4.78 is 8.77. The summed E-state index contributed by atoms with van der Waals surface area (Å²) in [6.07, 6.45) is 0.